The number of hydrogen-bond acceptors (Lipinski definition) is 3. The molecule has 1 aromatic heterocycles. The Balaban J connectivity index is 0.00000180. The Morgan fingerprint density at radius 1 is 1.53 bits per heavy atom. The molecule has 0 atom stereocenters. The topological polar surface area (TPSA) is 54.5 Å². The number of rotatable bonds is 6. The van der Waals surface area contributed by atoms with Crippen molar-refractivity contribution in [3.63, 3.8) is 0 Å². The van der Waals surface area contributed by atoms with E-state index in [1.807, 2.05) is 14.0 Å². The van der Waals surface area contributed by atoms with Crippen LogP contribution in [0.25, 0.3) is 0 Å². The van der Waals surface area contributed by atoms with E-state index in [0.29, 0.717) is 12.0 Å². The summed E-state index contributed by atoms with van der Waals surface area (Å²) in [5.41, 5.74) is 7.05. The van der Waals surface area contributed by atoms with Gasteiger partial charge in [-0.25, -0.2) is 4.98 Å². The van der Waals surface area contributed by atoms with Gasteiger partial charge in [-0.05, 0) is 39.0 Å². The molecule has 4 nitrogen and oxygen atoms in total. The molecular formula is C13H23IN4S. The minimum atomic E-state index is 0. The van der Waals surface area contributed by atoms with Crippen molar-refractivity contribution < 1.29 is 0 Å². The highest BCUT2D eigenvalue weighted by atomic mass is 127. The third kappa shape index (κ3) is 5.64. The van der Waals surface area contributed by atoms with Crippen LogP contribution < -0.4 is 5.73 Å². The molecule has 0 aliphatic heterocycles. The molecule has 1 fully saturated rings. The van der Waals surface area contributed by atoms with Gasteiger partial charge in [0, 0.05) is 30.7 Å². The van der Waals surface area contributed by atoms with Gasteiger partial charge in [0.2, 0.25) is 0 Å². The van der Waals surface area contributed by atoms with E-state index in [-0.39, 0.29) is 24.0 Å². The molecule has 0 saturated heterocycles. The molecule has 0 unspecified atom stereocenters. The van der Waals surface area contributed by atoms with Crippen LogP contribution in [0.15, 0.2) is 10.4 Å². The summed E-state index contributed by atoms with van der Waals surface area (Å²) < 4.78 is 0. The molecule has 2 rings (SSSR count). The molecule has 0 spiro atoms. The lowest BCUT2D eigenvalue weighted by Gasteiger charge is -2.16. The van der Waals surface area contributed by atoms with E-state index < -0.39 is 0 Å². The van der Waals surface area contributed by atoms with Gasteiger partial charge >= 0.3 is 0 Å². The zero-order valence-corrected chi connectivity index (χ0v) is 14.8. The second-order valence-corrected chi connectivity index (χ2v) is 5.86. The zero-order chi connectivity index (χ0) is 13.0. The van der Waals surface area contributed by atoms with Crippen LogP contribution in [0.5, 0.6) is 0 Å². The van der Waals surface area contributed by atoms with E-state index in [2.05, 4.69) is 20.3 Å². The van der Waals surface area contributed by atoms with E-state index in [1.54, 1.807) is 11.3 Å². The average molecular weight is 394 g/mol. The zero-order valence-electron chi connectivity index (χ0n) is 11.6. The minimum absolute atomic E-state index is 0. The number of guanidine groups is 1. The lowest BCUT2D eigenvalue weighted by molar-refractivity contribution is 0.487. The minimum Gasteiger partial charge on any atom is -0.370 e. The number of aliphatic imine (C=N–C) groups is 1. The Hall–Kier alpha value is -0.370. The SMILES string of the molecule is Cc1csc(CCCCN=C(N)N(C)C2CC2)n1.I. The summed E-state index contributed by atoms with van der Waals surface area (Å²) in [6.45, 7) is 2.87. The Kier molecular flexibility index (Phi) is 7.06. The summed E-state index contributed by atoms with van der Waals surface area (Å²) in [5, 5.41) is 3.34. The van der Waals surface area contributed by atoms with Crippen LogP contribution in [0.1, 0.15) is 36.4 Å². The number of halogens is 1. The number of thiazole rings is 1. The number of aromatic nitrogens is 1. The van der Waals surface area contributed by atoms with E-state index in [9.17, 15) is 0 Å². The summed E-state index contributed by atoms with van der Waals surface area (Å²) >= 11 is 1.75. The molecule has 1 saturated carbocycles. The van der Waals surface area contributed by atoms with Gasteiger partial charge in [0.15, 0.2) is 5.96 Å². The average Bonchev–Trinajstić information content (AvgIpc) is 3.12. The molecule has 1 aromatic rings. The number of unbranched alkanes of at least 4 members (excludes halogenated alkanes) is 1. The highest BCUT2D eigenvalue weighted by molar-refractivity contribution is 14.0. The molecule has 6 heteroatoms. The fraction of sp³-hybridized carbons (Fsp3) is 0.692. The lowest BCUT2D eigenvalue weighted by Crippen LogP contribution is -2.35. The maximum atomic E-state index is 5.92. The molecule has 1 aliphatic carbocycles. The Labute approximate surface area is 136 Å². The normalized spacial score (nSPS) is 15.2. The van der Waals surface area contributed by atoms with Crippen LogP contribution in [0, 0.1) is 6.92 Å². The number of nitrogens with zero attached hydrogens (tertiary/aromatic N) is 3. The van der Waals surface area contributed by atoms with Crippen molar-refractivity contribution in [2.45, 2.75) is 45.1 Å². The van der Waals surface area contributed by atoms with Crippen molar-refractivity contribution in [1.82, 2.24) is 9.88 Å². The van der Waals surface area contributed by atoms with Crippen molar-refractivity contribution in [2.24, 2.45) is 10.7 Å². The van der Waals surface area contributed by atoms with Gasteiger partial charge in [0.1, 0.15) is 0 Å². The molecule has 2 N–H and O–H groups in total. The Morgan fingerprint density at radius 2 is 2.26 bits per heavy atom. The largest absolute Gasteiger partial charge is 0.370 e. The van der Waals surface area contributed by atoms with Crippen molar-refractivity contribution >= 4 is 41.3 Å². The molecular weight excluding hydrogens is 371 g/mol. The van der Waals surface area contributed by atoms with Crippen LogP contribution in [0.4, 0.5) is 0 Å². The van der Waals surface area contributed by atoms with Crippen LogP contribution in [0.3, 0.4) is 0 Å². The van der Waals surface area contributed by atoms with E-state index >= 15 is 0 Å². The van der Waals surface area contributed by atoms with E-state index in [1.165, 1.54) is 17.8 Å². The van der Waals surface area contributed by atoms with Gasteiger partial charge in [-0.3, -0.25) is 4.99 Å². The Bertz CT molecular complexity index is 415. The summed E-state index contributed by atoms with van der Waals surface area (Å²) in [6.07, 6.45) is 5.80. The number of hydrogen-bond donors (Lipinski definition) is 1. The summed E-state index contributed by atoms with van der Waals surface area (Å²) in [5.74, 6) is 0.697. The first-order valence-electron chi connectivity index (χ1n) is 6.60. The molecule has 0 bridgehead atoms. The smallest absolute Gasteiger partial charge is 0.191 e. The molecule has 19 heavy (non-hydrogen) atoms. The number of aryl methyl sites for hydroxylation is 2. The quantitative estimate of drug-likeness (QED) is 0.350. The summed E-state index contributed by atoms with van der Waals surface area (Å²) in [7, 11) is 2.04. The highest BCUT2D eigenvalue weighted by Crippen LogP contribution is 2.24. The fourth-order valence-electron chi connectivity index (χ4n) is 1.86. The standard InChI is InChI=1S/C13H22N4S.HI/c1-10-9-18-12(16-10)5-3-4-8-15-13(14)17(2)11-6-7-11;/h9,11H,3-8H2,1-2H3,(H2,14,15);1H. The number of nitrogens with two attached hydrogens (primary N) is 1. The third-order valence-electron chi connectivity index (χ3n) is 3.20. The monoisotopic (exact) mass is 394 g/mol. The van der Waals surface area contributed by atoms with Gasteiger partial charge in [-0.15, -0.1) is 35.3 Å². The second kappa shape index (κ2) is 8.04. The maximum Gasteiger partial charge on any atom is 0.191 e. The fourth-order valence-corrected chi connectivity index (χ4v) is 2.68. The maximum absolute atomic E-state index is 5.92. The van der Waals surface area contributed by atoms with Crippen molar-refractivity contribution in [2.75, 3.05) is 13.6 Å². The van der Waals surface area contributed by atoms with Gasteiger partial charge in [0.05, 0.1) is 5.01 Å². The van der Waals surface area contributed by atoms with Crippen molar-refractivity contribution in [3.8, 4) is 0 Å². The van der Waals surface area contributed by atoms with Gasteiger partial charge in [-0.1, -0.05) is 0 Å². The van der Waals surface area contributed by atoms with E-state index in [4.69, 9.17) is 5.73 Å². The first-order valence-corrected chi connectivity index (χ1v) is 7.48. The van der Waals surface area contributed by atoms with Crippen LogP contribution >= 0.6 is 35.3 Å². The molecule has 0 aromatic carbocycles. The van der Waals surface area contributed by atoms with Crippen molar-refractivity contribution in [1.29, 1.82) is 0 Å². The highest BCUT2D eigenvalue weighted by Gasteiger charge is 2.27. The van der Waals surface area contributed by atoms with E-state index in [0.717, 1.165) is 31.5 Å². The molecule has 0 radical (unpaired) electrons. The molecule has 0 amide bonds. The Morgan fingerprint density at radius 3 is 2.84 bits per heavy atom. The van der Waals surface area contributed by atoms with Gasteiger partial charge in [0.25, 0.3) is 0 Å². The van der Waals surface area contributed by atoms with Crippen molar-refractivity contribution in [3.05, 3.63) is 16.1 Å². The summed E-state index contributed by atoms with van der Waals surface area (Å²) in [4.78, 5) is 11.0. The molecule has 1 heterocycles. The first kappa shape index (κ1) is 16.7. The summed E-state index contributed by atoms with van der Waals surface area (Å²) in [6, 6.07) is 0.645. The second-order valence-electron chi connectivity index (χ2n) is 4.92. The molecule has 1 aliphatic rings. The van der Waals surface area contributed by atoms with Crippen LogP contribution in [0.2, 0.25) is 0 Å². The predicted octanol–water partition coefficient (Wildman–Crippen LogP) is 2.80. The van der Waals surface area contributed by atoms with Crippen LogP contribution in [-0.2, 0) is 6.42 Å². The first-order chi connectivity index (χ1) is 8.66. The lowest BCUT2D eigenvalue weighted by atomic mass is 10.2. The predicted molar refractivity (Wildman–Crippen MR) is 92.5 cm³/mol. The third-order valence-corrected chi connectivity index (χ3v) is 4.22. The van der Waals surface area contributed by atoms with Crippen LogP contribution in [-0.4, -0.2) is 35.5 Å². The molecule has 108 valence electrons. The van der Waals surface area contributed by atoms with Gasteiger partial charge < -0.3 is 10.6 Å². The van der Waals surface area contributed by atoms with Gasteiger partial charge in [-0.2, -0.15) is 0 Å².